The Kier molecular flexibility index (Phi) is 5.23. The van der Waals surface area contributed by atoms with Crippen LogP contribution < -0.4 is 9.04 Å². The lowest BCUT2D eigenvalue weighted by molar-refractivity contribution is 0.0734. The van der Waals surface area contributed by atoms with E-state index in [1.54, 1.807) is 54.6 Å². The number of hydrogen-bond donors (Lipinski definition) is 0. The maximum absolute atomic E-state index is 12.6. The molecule has 3 rings (SSSR count). The van der Waals surface area contributed by atoms with Gasteiger partial charge in [0.05, 0.1) is 16.1 Å². The summed E-state index contributed by atoms with van der Waals surface area (Å²) in [6.45, 7) is 1.83. The van der Waals surface area contributed by atoms with Crippen molar-refractivity contribution in [1.29, 1.82) is 0 Å². The Morgan fingerprint density at radius 2 is 1.63 bits per heavy atom. The lowest BCUT2D eigenvalue weighted by Crippen LogP contribution is -2.26. The minimum atomic E-state index is -3.66. The van der Waals surface area contributed by atoms with Gasteiger partial charge in [0.15, 0.2) is 0 Å². The molecule has 1 heterocycles. The standard InChI is InChI=1S/C20H18N2O4S/c1-15-8-9-16(14-21-15)20(23)26-18-12-10-17(11-13-18)22(2)27(24,25)19-6-4-3-5-7-19/h3-14H,1-2H3. The lowest BCUT2D eigenvalue weighted by atomic mass is 10.2. The summed E-state index contributed by atoms with van der Waals surface area (Å²) >= 11 is 0. The molecule has 0 spiro atoms. The monoisotopic (exact) mass is 382 g/mol. The van der Waals surface area contributed by atoms with Crippen LogP contribution in [-0.4, -0.2) is 26.4 Å². The average molecular weight is 382 g/mol. The summed E-state index contributed by atoms with van der Waals surface area (Å²) in [6.07, 6.45) is 1.45. The molecular weight excluding hydrogens is 364 g/mol. The van der Waals surface area contributed by atoms with Gasteiger partial charge in [0.2, 0.25) is 0 Å². The normalized spacial score (nSPS) is 11.0. The zero-order valence-corrected chi connectivity index (χ0v) is 15.7. The van der Waals surface area contributed by atoms with Crippen molar-refractivity contribution in [3.8, 4) is 5.75 Å². The highest BCUT2D eigenvalue weighted by Crippen LogP contribution is 2.24. The maximum Gasteiger partial charge on any atom is 0.345 e. The Labute approximate surface area is 158 Å². The molecule has 0 N–H and O–H groups in total. The van der Waals surface area contributed by atoms with E-state index in [1.807, 2.05) is 6.92 Å². The molecule has 0 unspecified atom stereocenters. The second kappa shape index (κ2) is 7.59. The number of carbonyl (C=O) groups excluding carboxylic acids is 1. The van der Waals surface area contributed by atoms with Crippen molar-refractivity contribution in [2.24, 2.45) is 0 Å². The van der Waals surface area contributed by atoms with Gasteiger partial charge >= 0.3 is 5.97 Å². The van der Waals surface area contributed by atoms with Gasteiger partial charge in [-0.3, -0.25) is 9.29 Å². The van der Waals surface area contributed by atoms with Crippen LogP contribution in [0.4, 0.5) is 5.69 Å². The third kappa shape index (κ3) is 4.15. The first-order valence-corrected chi connectivity index (χ1v) is 9.61. The molecule has 7 heteroatoms. The minimum absolute atomic E-state index is 0.204. The molecule has 2 aromatic carbocycles. The van der Waals surface area contributed by atoms with Crippen molar-refractivity contribution in [2.45, 2.75) is 11.8 Å². The second-order valence-electron chi connectivity index (χ2n) is 5.86. The van der Waals surface area contributed by atoms with Gasteiger partial charge in [0.1, 0.15) is 5.75 Å². The summed E-state index contributed by atoms with van der Waals surface area (Å²) in [5, 5.41) is 0. The van der Waals surface area contributed by atoms with E-state index >= 15 is 0 Å². The van der Waals surface area contributed by atoms with E-state index in [4.69, 9.17) is 4.74 Å². The predicted octanol–water partition coefficient (Wildman–Crippen LogP) is 3.43. The molecule has 1 aromatic heterocycles. The van der Waals surface area contributed by atoms with Crippen LogP contribution >= 0.6 is 0 Å². The van der Waals surface area contributed by atoms with Crippen molar-refractivity contribution >= 4 is 21.7 Å². The van der Waals surface area contributed by atoms with Gasteiger partial charge in [-0.2, -0.15) is 0 Å². The Hall–Kier alpha value is -3.19. The maximum atomic E-state index is 12.6. The molecule has 27 heavy (non-hydrogen) atoms. The summed E-state index contributed by atoms with van der Waals surface area (Å²) in [5.41, 5.74) is 1.60. The molecule has 6 nitrogen and oxygen atoms in total. The third-order valence-corrected chi connectivity index (χ3v) is 5.76. The number of esters is 1. The first kappa shape index (κ1) is 18.6. The van der Waals surface area contributed by atoms with E-state index < -0.39 is 16.0 Å². The summed E-state index contributed by atoms with van der Waals surface area (Å²) < 4.78 is 31.8. The zero-order valence-electron chi connectivity index (χ0n) is 14.9. The van der Waals surface area contributed by atoms with E-state index in [1.165, 1.54) is 29.7 Å². The molecule has 0 amide bonds. The van der Waals surface area contributed by atoms with Crippen LogP contribution in [0.1, 0.15) is 16.1 Å². The number of benzene rings is 2. The van der Waals surface area contributed by atoms with Gasteiger partial charge in [0.25, 0.3) is 10.0 Å². The number of anilines is 1. The Morgan fingerprint density at radius 3 is 2.22 bits per heavy atom. The van der Waals surface area contributed by atoms with Gasteiger partial charge in [-0.15, -0.1) is 0 Å². The number of aromatic nitrogens is 1. The number of aryl methyl sites for hydroxylation is 1. The summed E-state index contributed by atoms with van der Waals surface area (Å²) in [4.78, 5) is 16.4. The van der Waals surface area contributed by atoms with E-state index in [0.717, 1.165) is 5.69 Å². The largest absolute Gasteiger partial charge is 0.423 e. The van der Waals surface area contributed by atoms with Crippen LogP contribution in [-0.2, 0) is 10.0 Å². The third-order valence-electron chi connectivity index (χ3n) is 3.96. The van der Waals surface area contributed by atoms with Crippen molar-refractivity contribution in [3.05, 3.63) is 84.2 Å². The fraction of sp³-hybridized carbons (Fsp3) is 0.100. The Morgan fingerprint density at radius 1 is 0.963 bits per heavy atom. The topological polar surface area (TPSA) is 76.6 Å². The SMILES string of the molecule is Cc1ccc(C(=O)Oc2ccc(N(C)S(=O)(=O)c3ccccc3)cc2)cn1. The number of hydrogen-bond acceptors (Lipinski definition) is 5. The van der Waals surface area contributed by atoms with Crippen molar-refractivity contribution < 1.29 is 17.9 Å². The highest BCUT2D eigenvalue weighted by molar-refractivity contribution is 7.92. The Bertz CT molecular complexity index is 1030. The lowest BCUT2D eigenvalue weighted by Gasteiger charge is -2.19. The molecule has 0 bridgehead atoms. The minimum Gasteiger partial charge on any atom is -0.423 e. The molecule has 0 saturated heterocycles. The number of pyridine rings is 1. The van der Waals surface area contributed by atoms with Gasteiger partial charge in [-0.25, -0.2) is 13.2 Å². The molecule has 0 aliphatic rings. The number of rotatable bonds is 5. The quantitative estimate of drug-likeness (QED) is 0.499. The first-order chi connectivity index (χ1) is 12.9. The van der Waals surface area contributed by atoms with Crippen LogP contribution in [0, 0.1) is 6.92 Å². The van der Waals surface area contributed by atoms with Crippen LogP contribution in [0.25, 0.3) is 0 Å². The van der Waals surface area contributed by atoms with Crippen LogP contribution in [0.15, 0.2) is 77.8 Å². The number of sulfonamides is 1. The number of ether oxygens (including phenoxy) is 1. The molecule has 138 valence electrons. The highest BCUT2D eigenvalue weighted by Gasteiger charge is 2.21. The smallest absolute Gasteiger partial charge is 0.345 e. The average Bonchev–Trinajstić information content (AvgIpc) is 2.69. The summed E-state index contributed by atoms with van der Waals surface area (Å²) in [6, 6.07) is 17.8. The van der Waals surface area contributed by atoms with Crippen LogP contribution in [0.3, 0.4) is 0 Å². The van der Waals surface area contributed by atoms with E-state index in [-0.39, 0.29) is 4.90 Å². The summed E-state index contributed by atoms with van der Waals surface area (Å²) in [7, 11) is -2.18. The molecule has 0 aliphatic heterocycles. The molecule has 0 atom stereocenters. The van der Waals surface area contributed by atoms with Gasteiger partial charge in [-0.1, -0.05) is 18.2 Å². The van der Waals surface area contributed by atoms with Gasteiger partial charge in [0, 0.05) is 18.9 Å². The molecule has 0 saturated carbocycles. The fourth-order valence-corrected chi connectivity index (χ4v) is 3.58. The van der Waals surface area contributed by atoms with E-state index in [2.05, 4.69) is 4.98 Å². The second-order valence-corrected chi connectivity index (χ2v) is 7.83. The summed E-state index contributed by atoms with van der Waals surface area (Å²) in [5.74, 6) is -0.213. The molecular formula is C20H18N2O4S. The number of carbonyl (C=O) groups is 1. The van der Waals surface area contributed by atoms with Crippen LogP contribution in [0.5, 0.6) is 5.75 Å². The molecule has 3 aromatic rings. The van der Waals surface area contributed by atoms with E-state index in [0.29, 0.717) is 17.0 Å². The van der Waals surface area contributed by atoms with Gasteiger partial charge in [-0.05, 0) is 55.5 Å². The Balaban J connectivity index is 1.75. The van der Waals surface area contributed by atoms with Gasteiger partial charge < -0.3 is 4.74 Å². The zero-order chi connectivity index (χ0) is 19.4. The fourth-order valence-electron chi connectivity index (χ4n) is 2.37. The predicted molar refractivity (Wildman–Crippen MR) is 102 cm³/mol. The molecule has 0 aliphatic carbocycles. The molecule has 0 fully saturated rings. The first-order valence-electron chi connectivity index (χ1n) is 8.17. The van der Waals surface area contributed by atoms with Crippen LogP contribution in [0.2, 0.25) is 0 Å². The number of nitrogens with zero attached hydrogens (tertiary/aromatic N) is 2. The van der Waals surface area contributed by atoms with Crippen molar-refractivity contribution in [2.75, 3.05) is 11.4 Å². The van der Waals surface area contributed by atoms with E-state index in [9.17, 15) is 13.2 Å². The van der Waals surface area contributed by atoms with Crippen molar-refractivity contribution in [1.82, 2.24) is 4.98 Å². The molecule has 0 radical (unpaired) electrons. The highest BCUT2D eigenvalue weighted by atomic mass is 32.2. The van der Waals surface area contributed by atoms with Crippen molar-refractivity contribution in [3.63, 3.8) is 0 Å².